The fourth-order valence-corrected chi connectivity index (χ4v) is 1.40. The summed E-state index contributed by atoms with van der Waals surface area (Å²) in [6.07, 6.45) is 0. The lowest BCUT2D eigenvalue weighted by atomic mass is 10.2. The van der Waals surface area contributed by atoms with Gasteiger partial charge in [0.1, 0.15) is 0 Å². The van der Waals surface area contributed by atoms with Gasteiger partial charge in [0, 0.05) is 6.54 Å². The third-order valence-corrected chi connectivity index (χ3v) is 2.18. The van der Waals surface area contributed by atoms with Gasteiger partial charge < -0.3 is 14.8 Å². The first-order chi connectivity index (χ1) is 7.67. The Balaban J connectivity index is 2.76. The Hall–Kier alpha value is -1.22. The molecule has 0 aromatic heterocycles. The second-order valence-electron chi connectivity index (χ2n) is 4.22. The first-order valence-electron chi connectivity index (χ1n) is 5.61. The van der Waals surface area contributed by atoms with Gasteiger partial charge in [-0.1, -0.05) is 19.9 Å². The summed E-state index contributed by atoms with van der Waals surface area (Å²) in [5.41, 5.74) is 1.19. The van der Waals surface area contributed by atoms with Crippen molar-refractivity contribution in [2.75, 3.05) is 20.8 Å². The second-order valence-corrected chi connectivity index (χ2v) is 4.22. The standard InChI is InChI=1S/C13H21NO2/c1-10(2)9-16-12-6-5-11(8-14-3)7-13(12)15-4/h5-7,10,14H,8-9H2,1-4H3. The van der Waals surface area contributed by atoms with Crippen LogP contribution in [0.4, 0.5) is 0 Å². The Bertz CT molecular complexity index is 324. The molecular formula is C13H21NO2. The van der Waals surface area contributed by atoms with Crippen LogP contribution in [0.15, 0.2) is 18.2 Å². The molecule has 3 nitrogen and oxygen atoms in total. The van der Waals surface area contributed by atoms with E-state index in [-0.39, 0.29) is 0 Å². The molecule has 0 aliphatic rings. The van der Waals surface area contributed by atoms with E-state index < -0.39 is 0 Å². The van der Waals surface area contributed by atoms with Crippen LogP contribution in [-0.4, -0.2) is 20.8 Å². The lowest BCUT2D eigenvalue weighted by molar-refractivity contribution is 0.257. The Morgan fingerprint density at radius 3 is 2.56 bits per heavy atom. The molecule has 0 aliphatic carbocycles. The molecule has 0 atom stereocenters. The van der Waals surface area contributed by atoms with Gasteiger partial charge in [0.25, 0.3) is 0 Å². The van der Waals surface area contributed by atoms with Crippen LogP contribution in [0.5, 0.6) is 11.5 Å². The Morgan fingerprint density at radius 1 is 1.25 bits per heavy atom. The number of methoxy groups -OCH3 is 1. The highest BCUT2D eigenvalue weighted by atomic mass is 16.5. The highest BCUT2D eigenvalue weighted by Gasteiger charge is 2.06. The average molecular weight is 223 g/mol. The predicted octanol–water partition coefficient (Wildman–Crippen LogP) is 2.45. The minimum atomic E-state index is 0.515. The molecule has 1 aromatic carbocycles. The van der Waals surface area contributed by atoms with Gasteiger partial charge in [-0.15, -0.1) is 0 Å². The van der Waals surface area contributed by atoms with Crippen LogP contribution >= 0.6 is 0 Å². The normalized spacial score (nSPS) is 10.6. The molecule has 0 fully saturated rings. The van der Waals surface area contributed by atoms with Crippen molar-refractivity contribution in [1.29, 1.82) is 0 Å². The zero-order chi connectivity index (χ0) is 12.0. The van der Waals surface area contributed by atoms with Gasteiger partial charge >= 0.3 is 0 Å². The molecule has 16 heavy (non-hydrogen) atoms. The SMILES string of the molecule is CNCc1ccc(OCC(C)C)c(OC)c1. The first-order valence-corrected chi connectivity index (χ1v) is 5.61. The van der Waals surface area contributed by atoms with Crippen LogP contribution in [0.2, 0.25) is 0 Å². The van der Waals surface area contributed by atoms with Crippen molar-refractivity contribution in [3.8, 4) is 11.5 Å². The monoisotopic (exact) mass is 223 g/mol. The molecule has 0 bridgehead atoms. The maximum absolute atomic E-state index is 5.68. The lowest BCUT2D eigenvalue weighted by Gasteiger charge is -2.13. The fourth-order valence-electron chi connectivity index (χ4n) is 1.40. The van der Waals surface area contributed by atoms with Crippen molar-refractivity contribution >= 4 is 0 Å². The molecule has 90 valence electrons. The third-order valence-electron chi connectivity index (χ3n) is 2.18. The van der Waals surface area contributed by atoms with E-state index in [1.54, 1.807) is 7.11 Å². The minimum Gasteiger partial charge on any atom is -0.493 e. The predicted molar refractivity (Wildman–Crippen MR) is 66.1 cm³/mol. The van der Waals surface area contributed by atoms with Crippen molar-refractivity contribution in [3.05, 3.63) is 23.8 Å². The number of hydrogen-bond donors (Lipinski definition) is 1. The maximum atomic E-state index is 5.68. The summed E-state index contributed by atoms with van der Waals surface area (Å²) >= 11 is 0. The Labute approximate surface area is 97.8 Å². The van der Waals surface area contributed by atoms with E-state index in [0.717, 1.165) is 18.0 Å². The summed E-state index contributed by atoms with van der Waals surface area (Å²) in [5, 5.41) is 3.11. The zero-order valence-electron chi connectivity index (χ0n) is 10.5. The van der Waals surface area contributed by atoms with Gasteiger partial charge in [0.15, 0.2) is 11.5 Å². The van der Waals surface area contributed by atoms with E-state index in [4.69, 9.17) is 9.47 Å². The molecule has 0 radical (unpaired) electrons. The Kier molecular flexibility index (Phi) is 5.12. The molecule has 0 heterocycles. The molecule has 1 rings (SSSR count). The number of benzene rings is 1. The van der Waals surface area contributed by atoms with Gasteiger partial charge in [-0.3, -0.25) is 0 Å². The minimum absolute atomic E-state index is 0.515. The van der Waals surface area contributed by atoms with Crippen molar-refractivity contribution in [3.63, 3.8) is 0 Å². The highest BCUT2D eigenvalue weighted by molar-refractivity contribution is 5.42. The van der Waals surface area contributed by atoms with Crippen LogP contribution in [0.1, 0.15) is 19.4 Å². The molecular weight excluding hydrogens is 202 g/mol. The summed E-state index contributed by atoms with van der Waals surface area (Å²) in [6, 6.07) is 6.02. The molecule has 3 heteroatoms. The van der Waals surface area contributed by atoms with E-state index in [2.05, 4.69) is 25.2 Å². The van der Waals surface area contributed by atoms with E-state index in [0.29, 0.717) is 12.5 Å². The van der Waals surface area contributed by atoms with E-state index in [1.807, 2.05) is 19.2 Å². The smallest absolute Gasteiger partial charge is 0.161 e. The third kappa shape index (κ3) is 3.74. The number of hydrogen-bond acceptors (Lipinski definition) is 3. The largest absolute Gasteiger partial charge is 0.493 e. The quantitative estimate of drug-likeness (QED) is 0.803. The van der Waals surface area contributed by atoms with Crippen LogP contribution in [0, 0.1) is 5.92 Å². The zero-order valence-corrected chi connectivity index (χ0v) is 10.5. The fraction of sp³-hybridized carbons (Fsp3) is 0.538. The van der Waals surface area contributed by atoms with Crippen LogP contribution in [0.3, 0.4) is 0 Å². The number of rotatable bonds is 6. The molecule has 1 aromatic rings. The average Bonchev–Trinajstić information content (AvgIpc) is 2.27. The number of ether oxygens (including phenoxy) is 2. The van der Waals surface area contributed by atoms with Gasteiger partial charge in [0.2, 0.25) is 0 Å². The van der Waals surface area contributed by atoms with Crippen LogP contribution < -0.4 is 14.8 Å². The van der Waals surface area contributed by atoms with Gasteiger partial charge in [-0.2, -0.15) is 0 Å². The molecule has 0 unspecified atom stereocenters. The van der Waals surface area contributed by atoms with Crippen molar-refractivity contribution in [2.24, 2.45) is 5.92 Å². The van der Waals surface area contributed by atoms with Crippen molar-refractivity contribution in [1.82, 2.24) is 5.32 Å². The molecule has 0 amide bonds. The van der Waals surface area contributed by atoms with Gasteiger partial charge in [-0.05, 0) is 30.7 Å². The first kappa shape index (κ1) is 12.8. The highest BCUT2D eigenvalue weighted by Crippen LogP contribution is 2.28. The van der Waals surface area contributed by atoms with Crippen LogP contribution in [0.25, 0.3) is 0 Å². The molecule has 0 aliphatic heterocycles. The van der Waals surface area contributed by atoms with Gasteiger partial charge in [0.05, 0.1) is 13.7 Å². The summed E-state index contributed by atoms with van der Waals surface area (Å²) < 4.78 is 11.0. The summed E-state index contributed by atoms with van der Waals surface area (Å²) in [6.45, 7) is 5.80. The van der Waals surface area contributed by atoms with Gasteiger partial charge in [-0.25, -0.2) is 0 Å². The lowest BCUT2D eigenvalue weighted by Crippen LogP contribution is -2.07. The Morgan fingerprint density at radius 2 is 2.00 bits per heavy atom. The molecule has 0 saturated carbocycles. The van der Waals surface area contributed by atoms with E-state index in [9.17, 15) is 0 Å². The van der Waals surface area contributed by atoms with Crippen molar-refractivity contribution < 1.29 is 9.47 Å². The number of nitrogens with one attached hydrogen (secondary N) is 1. The molecule has 1 N–H and O–H groups in total. The summed E-state index contributed by atoms with van der Waals surface area (Å²) in [5.74, 6) is 2.13. The summed E-state index contributed by atoms with van der Waals surface area (Å²) in [7, 11) is 3.59. The van der Waals surface area contributed by atoms with Crippen LogP contribution in [-0.2, 0) is 6.54 Å². The van der Waals surface area contributed by atoms with E-state index in [1.165, 1.54) is 5.56 Å². The second kappa shape index (κ2) is 6.38. The molecule has 0 spiro atoms. The topological polar surface area (TPSA) is 30.5 Å². The maximum Gasteiger partial charge on any atom is 0.161 e. The van der Waals surface area contributed by atoms with E-state index >= 15 is 0 Å². The summed E-state index contributed by atoms with van der Waals surface area (Å²) in [4.78, 5) is 0. The van der Waals surface area contributed by atoms with Crippen molar-refractivity contribution in [2.45, 2.75) is 20.4 Å². The molecule has 0 saturated heterocycles.